The summed E-state index contributed by atoms with van der Waals surface area (Å²) in [6.07, 6.45) is 7.96. The van der Waals surface area contributed by atoms with Gasteiger partial charge < -0.3 is 10.6 Å². The fourth-order valence-corrected chi connectivity index (χ4v) is 5.47. The Kier molecular flexibility index (Phi) is 4.85. The van der Waals surface area contributed by atoms with Crippen molar-refractivity contribution in [3.05, 3.63) is 18.3 Å². The Bertz CT molecular complexity index is 834. The van der Waals surface area contributed by atoms with Gasteiger partial charge in [0, 0.05) is 33.4 Å². The van der Waals surface area contributed by atoms with E-state index in [1.165, 1.54) is 17.1 Å². The molecule has 2 N–H and O–H groups in total. The van der Waals surface area contributed by atoms with Gasteiger partial charge in [0.05, 0.1) is 11.7 Å². The van der Waals surface area contributed by atoms with Crippen LogP contribution in [0, 0.1) is 0 Å². The zero-order valence-corrected chi connectivity index (χ0v) is 16.8. The van der Waals surface area contributed by atoms with Crippen molar-refractivity contribution in [1.29, 1.82) is 0 Å². The number of hydrogen-bond donors (Lipinski definition) is 2. The number of piperidine rings is 1. The van der Waals surface area contributed by atoms with E-state index in [1.807, 2.05) is 12.1 Å². The van der Waals surface area contributed by atoms with Crippen LogP contribution >= 0.6 is 0 Å². The number of nitrogens with zero attached hydrogens (tertiary/aromatic N) is 4. The molecule has 27 heavy (non-hydrogen) atoms. The standard InChI is InChI=1S/C18H28N6O2S/c1-23(2)27(25,26)24-12-6-10-18(13-24)17(20-14-7-3-4-8-14)21-16-15(22-18)9-5-11-19-16/h5,9,11,14,22H,3-4,6-8,10,12-13H2,1-2H3,(H,19,20,21)/t18-/m0/s1. The first-order valence-corrected chi connectivity index (χ1v) is 11.1. The second-order valence-electron chi connectivity index (χ2n) is 7.87. The third-order valence-electron chi connectivity index (χ3n) is 5.75. The molecule has 2 aliphatic heterocycles. The Morgan fingerprint density at radius 1 is 1.30 bits per heavy atom. The number of hydrogen-bond acceptors (Lipinski definition) is 5. The molecule has 1 aromatic rings. The van der Waals surface area contributed by atoms with E-state index in [2.05, 4.69) is 15.6 Å². The van der Waals surface area contributed by atoms with E-state index in [4.69, 9.17) is 4.99 Å². The van der Waals surface area contributed by atoms with Gasteiger partial charge in [-0.05, 0) is 37.8 Å². The molecule has 1 aromatic heterocycles. The summed E-state index contributed by atoms with van der Waals surface area (Å²) in [5.74, 6) is 1.59. The SMILES string of the molecule is CN(C)S(=O)(=O)N1CCC[C@@]2(C1)Nc1cccnc1NC2=NC1CCCC1. The summed E-state index contributed by atoms with van der Waals surface area (Å²) >= 11 is 0. The Hall–Kier alpha value is -1.71. The maximum atomic E-state index is 12.8. The smallest absolute Gasteiger partial charge is 0.281 e. The number of aromatic nitrogens is 1. The Morgan fingerprint density at radius 2 is 2.07 bits per heavy atom. The summed E-state index contributed by atoms with van der Waals surface area (Å²) in [5, 5.41) is 7.02. The van der Waals surface area contributed by atoms with Crippen LogP contribution in [0.4, 0.5) is 11.5 Å². The van der Waals surface area contributed by atoms with Gasteiger partial charge in [0.2, 0.25) is 0 Å². The second kappa shape index (κ2) is 7.03. The van der Waals surface area contributed by atoms with Gasteiger partial charge in [0.15, 0.2) is 5.82 Å². The number of fused-ring (bicyclic) bond motifs is 1. The molecule has 1 spiro atoms. The minimum Gasteiger partial charge on any atom is -0.369 e. The molecule has 0 aromatic carbocycles. The van der Waals surface area contributed by atoms with E-state index < -0.39 is 15.7 Å². The van der Waals surface area contributed by atoms with Crippen LogP contribution in [0.5, 0.6) is 0 Å². The fourth-order valence-electron chi connectivity index (χ4n) is 4.27. The van der Waals surface area contributed by atoms with E-state index in [1.54, 1.807) is 24.6 Å². The van der Waals surface area contributed by atoms with Crippen LogP contribution in [0.25, 0.3) is 0 Å². The summed E-state index contributed by atoms with van der Waals surface area (Å²) in [6.45, 7) is 0.890. The molecule has 2 fully saturated rings. The van der Waals surface area contributed by atoms with Crippen molar-refractivity contribution in [3.63, 3.8) is 0 Å². The summed E-state index contributed by atoms with van der Waals surface area (Å²) in [7, 11) is -0.317. The van der Waals surface area contributed by atoms with Gasteiger partial charge >= 0.3 is 0 Å². The van der Waals surface area contributed by atoms with Crippen LogP contribution in [0.2, 0.25) is 0 Å². The summed E-state index contributed by atoms with van der Waals surface area (Å²) in [6, 6.07) is 4.16. The van der Waals surface area contributed by atoms with Crippen molar-refractivity contribution in [2.75, 3.05) is 37.8 Å². The van der Waals surface area contributed by atoms with E-state index in [0.717, 1.165) is 43.0 Å². The lowest BCUT2D eigenvalue weighted by molar-refractivity contribution is 0.279. The highest BCUT2D eigenvalue weighted by molar-refractivity contribution is 7.86. The second-order valence-corrected chi connectivity index (χ2v) is 10.0. The van der Waals surface area contributed by atoms with Crippen molar-refractivity contribution in [2.45, 2.75) is 50.1 Å². The lowest BCUT2D eigenvalue weighted by Crippen LogP contribution is -2.63. The van der Waals surface area contributed by atoms with Crippen LogP contribution < -0.4 is 10.6 Å². The molecular weight excluding hydrogens is 364 g/mol. The third kappa shape index (κ3) is 3.43. The molecule has 0 amide bonds. The quantitative estimate of drug-likeness (QED) is 0.820. The topological polar surface area (TPSA) is 89.9 Å². The van der Waals surface area contributed by atoms with Crippen LogP contribution in [0.15, 0.2) is 23.3 Å². The number of amidine groups is 1. The summed E-state index contributed by atoms with van der Waals surface area (Å²) < 4.78 is 28.4. The van der Waals surface area contributed by atoms with E-state index in [0.29, 0.717) is 19.1 Å². The first-order valence-electron chi connectivity index (χ1n) is 9.67. The lowest BCUT2D eigenvalue weighted by Gasteiger charge is -2.47. The van der Waals surface area contributed by atoms with Crippen molar-refractivity contribution >= 4 is 27.6 Å². The van der Waals surface area contributed by atoms with Crippen LogP contribution in [0.3, 0.4) is 0 Å². The van der Waals surface area contributed by atoms with Gasteiger partial charge in [-0.15, -0.1) is 0 Å². The molecule has 148 valence electrons. The minimum atomic E-state index is -3.48. The normalized spacial score (nSPS) is 28.3. The number of pyridine rings is 1. The maximum absolute atomic E-state index is 12.8. The van der Waals surface area contributed by atoms with E-state index in [9.17, 15) is 8.42 Å². The molecule has 9 heteroatoms. The van der Waals surface area contributed by atoms with Gasteiger partial charge in [0.25, 0.3) is 10.2 Å². The minimum absolute atomic E-state index is 0.303. The molecule has 4 rings (SSSR count). The van der Waals surface area contributed by atoms with Crippen LogP contribution in [-0.2, 0) is 10.2 Å². The number of nitrogens with one attached hydrogen (secondary N) is 2. The Morgan fingerprint density at radius 3 is 2.81 bits per heavy atom. The lowest BCUT2D eigenvalue weighted by atomic mass is 9.86. The number of anilines is 2. The van der Waals surface area contributed by atoms with Gasteiger partial charge in [0.1, 0.15) is 11.4 Å². The van der Waals surface area contributed by atoms with Gasteiger partial charge in [-0.3, -0.25) is 4.99 Å². The average molecular weight is 393 g/mol. The summed E-state index contributed by atoms with van der Waals surface area (Å²) in [5.41, 5.74) is 0.354. The third-order valence-corrected chi connectivity index (χ3v) is 7.64. The molecule has 8 nitrogen and oxygen atoms in total. The molecule has 1 aliphatic carbocycles. The predicted molar refractivity (Wildman–Crippen MR) is 107 cm³/mol. The number of rotatable bonds is 3. The molecule has 1 saturated heterocycles. The molecule has 0 radical (unpaired) electrons. The molecule has 3 aliphatic rings. The van der Waals surface area contributed by atoms with Gasteiger partial charge in [-0.1, -0.05) is 12.8 Å². The van der Waals surface area contributed by atoms with E-state index >= 15 is 0 Å². The molecule has 3 heterocycles. The van der Waals surface area contributed by atoms with Crippen LogP contribution in [0.1, 0.15) is 38.5 Å². The first kappa shape index (κ1) is 18.6. The molecular formula is C18H28N6O2S. The highest BCUT2D eigenvalue weighted by atomic mass is 32.2. The predicted octanol–water partition coefficient (Wildman–Crippen LogP) is 1.90. The van der Waals surface area contributed by atoms with Crippen molar-refractivity contribution in [3.8, 4) is 0 Å². The molecule has 0 unspecified atom stereocenters. The monoisotopic (exact) mass is 392 g/mol. The average Bonchev–Trinajstić information content (AvgIpc) is 3.15. The highest BCUT2D eigenvalue weighted by Gasteiger charge is 2.47. The largest absolute Gasteiger partial charge is 0.369 e. The van der Waals surface area contributed by atoms with Crippen molar-refractivity contribution < 1.29 is 8.42 Å². The van der Waals surface area contributed by atoms with Crippen LogP contribution in [-0.4, -0.2) is 66.6 Å². The van der Waals surface area contributed by atoms with E-state index in [-0.39, 0.29) is 0 Å². The van der Waals surface area contributed by atoms with Gasteiger partial charge in [-0.25, -0.2) is 4.98 Å². The zero-order chi connectivity index (χ0) is 19.1. The maximum Gasteiger partial charge on any atom is 0.281 e. The molecule has 0 bridgehead atoms. The van der Waals surface area contributed by atoms with Gasteiger partial charge in [-0.2, -0.15) is 17.0 Å². The zero-order valence-electron chi connectivity index (χ0n) is 16.0. The first-order chi connectivity index (χ1) is 12.9. The van der Waals surface area contributed by atoms with Crippen molar-refractivity contribution in [1.82, 2.24) is 13.6 Å². The summed E-state index contributed by atoms with van der Waals surface area (Å²) in [4.78, 5) is 9.46. The fraction of sp³-hybridized carbons (Fsp3) is 0.667. The van der Waals surface area contributed by atoms with Crippen molar-refractivity contribution in [2.24, 2.45) is 4.99 Å². The highest BCUT2D eigenvalue weighted by Crippen LogP contribution is 2.37. The molecule has 1 saturated carbocycles. The Labute approximate surface area is 161 Å². The Balaban J connectivity index is 1.72. The number of aliphatic imine (C=N–C) groups is 1. The molecule has 1 atom stereocenters.